The van der Waals surface area contributed by atoms with Crippen molar-refractivity contribution >= 4 is 9.84 Å². The van der Waals surface area contributed by atoms with Crippen LogP contribution in [0, 0.1) is 5.92 Å². The van der Waals surface area contributed by atoms with E-state index >= 15 is 0 Å². The van der Waals surface area contributed by atoms with E-state index in [1.54, 1.807) is 0 Å². The lowest BCUT2D eigenvalue weighted by Crippen LogP contribution is -2.45. The van der Waals surface area contributed by atoms with E-state index in [-0.39, 0.29) is 5.75 Å². The topological polar surface area (TPSA) is 49.4 Å². The highest BCUT2D eigenvalue weighted by molar-refractivity contribution is 7.90. The summed E-state index contributed by atoms with van der Waals surface area (Å²) in [6.07, 6.45) is 7.80. The lowest BCUT2D eigenvalue weighted by molar-refractivity contribution is 0.249. The normalized spacial score (nSPS) is 19.2. The molecule has 1 N–H and O–H groups in total. The summed E-state index contributed by atoms with van der Waals surface area (Å²) in [7, 11) is -0.824. The van der Waals surface area contributed by atoms with Gasteiger partial charge in [0.2, 0.25) is 0 Å². The third-order valence-electron chi connectivity index (χ3n) is 3.98. The number of hydrogen-bond acceptors (Lipinski definition) is 4. The van der Waals surface area contributed by atoms with Crippen molar-refractivity contribution in [1.29, 1.82) is 0 Å². The van der Waals surface area contributed by atoms with E-state index in [2.05, 4.69) is 17.1 Å². The lowest BCUT2D eigenvalue weighted by atomic mass is 9.97. The first-order valence-electron chi connectivity index (χ1n) is 7.52. The molecule has 0 amide bonds. The lowest BCUT2D eigenvalue weighted by Gasteiger charge is -2.29. The van der Waals surface area contributed by atoms with E-state index in [1.807, 2.05) is 7.05 Å². The Labute approximate surface area is 118 Å². The van der Waals surface area contributed by atoms with Crippen LogP contribution in [0.3, 0.4) is 0 Å². The molecule has 0 spiro atoms. The Kier molecular flexibility index (Phi) is 7.32. The molecule has 0 aromatic carbocycles. The van der Waals surface area contributed by atoms with E-state index in [0.717, 1.165) is 25.4 Å². The standard InChI is InChI=1S/C14H30N2O2S/c1-4-9-15-14(13-7-5-6-8-13)12-16(2)10-11-19(3,17)18/h13-15H,4-12H2,1-3H3. The molecule has 1 fully saturated rings. The fourth-order valence-corrected chi connectivity index (χ4v) is 3.46. The van der Waals surface area contributed by atoms with Gasteiger partial charge in [0.05, 0.1) is 5.75 Å². The molecule has 5 heteroatoms. The Bertz CT molecular complexity index is 337. The molecule has 1 atom stereocenters. The van der Waals surface area contributed by atoms with E-state index in [0.29, 0.717) is 12.6 Å². The number of sulfone groups is 1. The molecule has 4 nitrogen and oxygen atoms in total. The molecule has 0 bridgehead atoms. The molecule has 1 saturated carbocycles. The van der Waals surface area contributed by atoms with Gasteiger partial charge in [-0.25, -0.2) is 8.42 Å². The molecule has 1 rings (SSSR count). The summed E-state index contributed by atoms with van der Waals surface area (Å²) in [5.74, 6) is 1.03. The van der Waals surface area contributed by atoms with Gasteiger partial charge in [-0.15, -0.1) is 0 Å². The minimum atomic E-state index is -2.85. The number of rotatable bonds is 9. The average Bonchev–Trinajstić information content (AvgIpc) is 2.84. The van der Waals surface area contributed by atoms with Crippen molar-refractivity contribution in [2.45, 2.75) is 45.1 Å². The first-order chi connectivity index (χ1) is 8.92. The molecule has 1 aliphatic carbocycles. The summed E-state index contributed by atoms with van der Waals surface area (Å²) >= 11 is 0. The number of likely N-dealkylation sites (N-methyl/N-ethyl adjacent to an activating group) is 1. The minimum Gasteiger partial charge on any atom is -0.312 e. The van der Waals surface area contributed by atoms with E-state index in [9.17, 15) is 8.42 Å². The smallest absolute Gasteiger partial charge is 0.148 e. The SMILES string of the molecule is CCCNC(CN(C)CCS(C)(=O)=O)C1CCCC1. The summed E-state index contributed by atoms with van der Waals surface area (Å²) in [6, 6.07) is 0.520. The van der Waals surface area contributed by atoms with Crippen LogP contribution in [0.5, 0.6) is 0 Å². The Hall–Kier alpha value is -0.130. The first-order valence-corrected chi connectivity index (χ1v) is 9.58. The molecule has 0 saturated heterocycles. The summed E-state index contributed by atoms with van der Waals surface area (Å²) in [4.78, 5) is 2.16. The van der Waals surface area contributed by atoms with Crippen molar-refractivity contribution in [2.75, 3.05) is 38.7 Å². The zero-order valence-electron chi connectivity index (χ0n) is 12.7. The summed E-state index contributed by atoms with van der Waals surface area (Å²) in [6.45, 7) is 4.84. The quantitative estimate of drug-likeness (QED) is 0.699. The number of hydrogen-bond donors (Lipinski definition) is 1. The third-order valence-corrected chi connectivity index (χ3v) is 4.90. The van der Waals surface area contributed by atoms with Crippen molar-refractivity contribution in [1.82, 2.24) is 10.2 Å². The molecular weight excluding hydrogens is 260 g/mol. The predicted octanol–water partition coefficient (Wildman–Crippen LogP) is 1.52. The van der Waals surface area contributed by atoms with Gasteiger partial charge in [-0.3, -0.25) is 0 Å². The second-order valence-electron chi connectivity index (χ2n) is 6.00. The fourth-order valence-electron chi connectivity index (χ4n) is 2.82. The van der Waals surface area contributed by atoms with Crippen LogP contribution in [0.25, 0.3) is 0 Å². The molecule has 1 aliphatic rings. The van der Waals surface area contributed by atoms with Gasteiger partial charge in [-0.2, -0.15) is 0 Å². The zero-order valence-corrected chi connectivity index (χ0v) is 13.5. The summed E-state index contributed by atoms with van der Waals surface area (Å²) < 4.78 is 22.4. The summed E-state index contributed by atoms with van der Waals surface area (Å²) in [5.41, 5.74) is 0. The van der Waals surface area contributed by atoms with Crippen molar-refractivity contribution in [3.8, 4) is 0 Å². The van der Waals surface area contributed by atoms with Gasteiger partial charge in [0.25, 0.3) is 0 Å². The summed E-state index contributed by atoms with van der Waals surface area (Å²) in [5, 5.41) is 3.65. The van der Waals surface area contributed by atoms with Crippen molar-refractivity contribution in [2.24, 2.45) is 5.92 Å². The predicted molar refractivity (Wildman–Crippen MR) is 81.2 cm³/mol. The van der Waals surface area contributed by atoms with Crippen LogP contribution in [-0.4, -0.2) is 58.1 Å². The van der Waals surface area contributed by atoms with E-state index < -0.39 is 9.84 Å². The molecule has 114 valence electrons. The van der Waals surface area contributed by atoms with Gasteiger partial charge in [-0.1, -0.05) is 19.8 Å². The molecule has 0 radical (unpaired) electrons. The highest BCUT2D eigenvalue weighted by Gasteiger charge is 2.25. The van der Waals surface area contributed by atoms with Gasteiger partial charge in [0.15, 0.2) is 0 Å². The van der Waals surface area contributed by atoms with E-state index in [1.165, 1.54) is 31.9 Å². The highest BCUT2D eigenvalue weighted by Crippen LogP contribution is 2.28. The van der Waals surface area contributed by atoms with Crippen LogP contribution < -0.4 is 5.32 Å². The van der Waals surface area contributed by atoms with Crippen LogP contribution in [0.1, 0.15) is 39.0 Å². The second-order valence-corrected chi connectivity index (χ2v) is 8.26. The Morgan fingerprint density at radius 2 is 1.95 bits per heavy atom. The maximum atomic E-state index is 11.2. The largest absolute Gasteiger partial charge is 0.312 e. The molecule has 0 heterocycles. The van der Waals surface area contributed by atoms with Gasteiger partial charge in [-0.05, 0) is 38.8 Å². The Balaban J connectivity index is 2.41. The maximum Gasteiger partial charge on any atom is 0.148 e. The van der Waals surface area contributed by atoms with Crippen LogP contribution >= 0.6 is 0 Å². The van der Waals surface area contributed by atoms with Gasteiger partial charge in [0.1, 0.15) is 9.84 Å². The monoisotopic (exact) mass is 290 g/mol. The third kappa shape index (κ3) is 7.28. The molecule has 19 heavy (non-hydrogen) atoms. The molecular formula is C14H30N2O2S. The van der Waals surface area contributed by atoms with Crippen molar-refractivity contribution < 1.29 is 8.42 Å². The van der Waals surface area contributed by atoms with E-state index in [4.69, 9.17) is 0 Å². The van der Waals surface area contributed by atoms with Crippen LogP contribution in [0.4, 0.5) is 0 Å². The van der Waals surface area contributed by atoms with Gasteiger partial charge in [0, 0.05) is 25.4 Å². The highest BCUT2D eigenvalue weighted by atomic mass is 32.2. The molecule has 0 aromatic heterocycles. The van der Waals surface area contributed by atoms with Gasteiger partial charge < -0.3 is 10.2 Å². The fraction of sp³-hybridized carbons (Fsp3) is 1.00. The van der Waals surface area contributed by atoms with Gasteiger partial charge >= 0.3 is 0 Å². The van der Waals surface area contributed by atoms with Crippen molar-refractivity contribution in [3.63, 3.8) is 0 Å². The Morgan fingerprint density at radius 3 is 2.47 bits per heavy atom. The molecule has 1 unspecified atom stereocenters. The van der Waals surface area contributed by atoms with Crippen molar-refractivity contribution in [3.05, 3.63) is 0 Å². The minimum absolute atomic E-state index is 0.259. The van der Waals surface area contributed by atoms with Crippen LogP contribution in [-0.2, 0) is 9.84 Å². The average molecular weight is 290 g/mol. The Morgan fingerprint density at radius 1 is 1.32 bits per heavy atom. The van der Waals surface area contributed by atoms with Crippen LogP contribution in [0.2, 0.25) is 0 Å². The second kappa shape index (κ2) is 8.22. The number of nitrogens with zero attached hydrogens (tertiary/aromatic N) is 1. The number of nitrogens with one attached hydrogen (secondary N) is 1. The molecule has 0 aliphatic heterocycles. The first kappa shape index (κ1) is 16.9. The zero-order chi connectivity index (χ0) is 14.3. The maximum absolute atomic E-state index is 11.2. The molecule has 0 aromatic rings. The van der Waals surface area contributed by atoms with Crippen LogP contribution in [0.15, 0.2) is 0 Å².